The number of carbonyl (C=O) groups is 1. The maximum absolute atomic E-state index is 12.1. The first-order chi connectivity index (χ1) is 12.5. The Bertz CT molecular complexity index is 891. The minimum Gasteiger partial charge on any atom is -0.471 e. The number of aromatic nitrogens is 4. The summed E-state index contributed by atoms with van der Waals surface area (Å²) in [7, 11) is 0. The van der Waals surface area contributed by atoms with Crippen molar-refractivity contribution in [2.45, 2.75) is 26.6 Å². The van der Waals surface area contributed by atoms with E-state index in [1.807, 2.05) is 35.9 Å². The molecule has 0 saturated heterocycles. The lowest BCUT2D eigenvalue weighted by molar-refractivity contribution is -0.116. The van der Waals surface area contributed by atoms with Crippen LogP contribution in [0.15, 0.2) is 47.3 Å². The summed E-state index contributed by atoms with van der Waals surface area (Å²) >= 11 is 5.61. The molecule has 0 unspecified atom stereocenters. The number of halogens is 2. The van der Waals surface area contributed by atoms with Crippen LogP contribution in [-0.4, -0.2) is 25.5 Å². The second kappa shape index (κ2) is 8.67. The van der Waals surface area contributed by atoms with E-state index in [1.165, 1.54) is 0 Å². The van der Waals surface area contributed by atoms with Gasteiger partial charge in [0.1, 0.15) is 5.75 Å². The van der Waals surface area contributed by atoms with Gasteiger partial charge < -0.3 is 10.1 Å². The highest BCUT2D eigenvalue weighted by Gasteiger charge is 2.08. The maximum Gasteiger partial charge on any atom is 0.226 e. The van der Waals surface area contributed by atoms with Crippen LogP contribution in [0.1, 0.15) is 12.1 Å². The Labute approximate surface area is 173 Å². The van der Waals surface area contributed by atoms with Crippen LogP contribution in [0.2, 0.25) is 0 Å². The number of rotatable bonds is 7. The molecule has 0 saturated carbocycles. The SMILES string of the molecule is Cc1c(I)cnn1CCC(=O)Nc1cnn(COc2ccc(Br)cc2)c1. The fourth-order valence-electron chi connectivity index (χ4n) is 2.25. The Balaban J connectivity index is 1.47. The van der Waals surface area contributed by atoms with Crippen molar-refractivity contribution in [2.75, 3.05) is 5.32 Å². The van der Waals surface area contributed by atoms with Crippen LogP contribution in [0.25, 0.3) is 0 Å². The number of benzene rings is 1. The maximum atomic E-state index is 12.1. The molecule has 0 aliphatic rings. The third-order valence-electron chi connectivity index (χ3n) is 3.69. The van der Waals surface area contributed by atoms with E-state index in [0.717, 1.165) is 19.5 Å². The number of carbonyl (C=O) groups excluding carboxylic acids is 1. The van der Waals surface area contributed by atoms with Crippen molar-refractivity contribution in [1.29, 1.82) is 0 Å². The first-order valence-electron chi connectivity index (χ1n) is 7.90. The van der Waals surface area contributed by atoms with Gasteiger partial charge in [-0.3, -0.25) is 9.48 Å². The van der Waals surface area contributed by atoms with Crippen LogP contribution >= 0.6 is 38.5 Å². The van der Waals surface area contributed by atoms with E-state index in [0.29, 0.717) is 18.7 Å². The van der Waals surface area contributed by atoms with Crippen LogP contribution in [0.3, 0.4) is 0 Å². The summed E-state index contributed by atoms with van der Waals surface area (Å²) in [6, 6.07) is 7.56. The normalized spacial score (nSPS) is 10.7. The van der Waals surface area contributed by atoms with E-state index >= 15 is 0 Å². The fourth-order valence-corrected chi connectivity index (χ4v) is 2.92. The number of aryl methyl sites for hydroxylation is 1. The molecular formula is C17H17BrIN5O2. The molecule has 1 aromatic carbocycles. The molecule has 3 rings (SSSR count). The number of amides is 1. The average Bonchev–Trinajstić information content (AvgIpc) is 3.20. The van der Waals surface area contributed by atoms with Gasteiger partial charge in [0.05, 0.1) is 34.4 Å². The monoisotopic (exact) mass is 529 g/mol. The lowest BCUT2D eigenvalue weighted by Crippen LogP contribution is -2.15. The molecule has 3 aromatic rings. The van der Waals surface area contributed by atoms with Gasteiger partial charge in [0, 0.05) is 16.6 Å². The molecule has 7 nitrogen and oxygen atoms in total. The number of nitrogens with one attached hydrogen (secondary N) is 1. The number of ether oxygens (including phenoxy) is 1. The molecule has 0 radical (unpaired) electrons. The molecule has 0 atom stereocenters. The standard InChI is InChI=1S/C17H17BrIN5O2/c1-12-16(19)9-21-24(12)7-6-17(25)22-14-8-20-23(10-14)11-26-15-4-2-13(18)3-5-15/h2-5,8-10H,6-7,11H2,1H3,(H,22,25). The molecule has 9 heteroatoms. The molecule has 2 heterocycles. The quantitative estimate of drug-likeness (QED) is 0.472. The minimum atomic E-state index is -0.0803. The largest absolute Gasteiger partial charge is 0.471 e. The van der Waals surface area contributed by atoms with E-state index < -0.39 is 0 Å². The molecule has 0 spiro atoms. The van der Waals surface area contributed by atoms with E-state index in [2.05, 4.69) is 54.0 Å². The van der Waals surface area contributed by atoms with Gasteiger partial charge in [-0.05, 0) is 53.8 Å². The zero-order valence-electron chi connectivity index (χ0n) is 14.0. The first-order valence-corrected chi connectivity index (χ1v) is 9.77. The van der Waals surface area contributed by atoms with Crippen molar-refractivity contribution < 1.29 is 9.53 Å². The topological polar surface area (TPSA) is 74.0 Å². The predicted octanol–water partition coefficient (Wildman–Crippen LogP) is 3.82. The second-order valence-electron chi connectivity index (χ2n) is 5.60. The Morgan fingerprint density at radius 3 is 2.73 bits per heavy atom. The Morgan fingerprint density at radius 1 is 1.27 bits per heavy atom. The van der Waals surface area contributed by atoms with Crippen molar-refractivity contribution in [1.82, 2.24) is 19.6 Å². The summed E-state index contributed by atoms with van der Waals surface area (Å²) in [6.45, 7) is 2.80. The lowest BCUT2D eigenvalue weighted by atomic mass is 10.3. The number of hydrogen-bond donors (Lipinski definition) is 1. The fraction of sp³-hybridized carbons (Fsp3) is 0.235. The summed E-state index contributed by atoms with van der Waals surface area (Å²) in [4.78, 5) is 12.1. The highest BCUT2D eigenvalue weighted by Crippen LogP contribution is 2.17. The average molecular weight is 530 g/mol. The smallest absolute Gasteiger partial charge is 0.226 e. The van der Waals surface area contributed by atoms with E-state index in [4.69, 9.17) is 4.74 Å². The molecule has 0 bridgehead atoms. The van der Waals surface area contributed by atoms with Crippen molar-refractivity contribution in [3.05, 3.63) is 56.6 Å². The summed E-state index contributed by atoms with van der Waals surface area (Å²) < 4.78 is 11.2. The lowest BCUT2D eigenvalue weighted by Gasteiger charge is -2.06. The summed E-state index contributed by atoms with van der Waals surface area (Å²) in [5.74, 6) is 0.668. The Morgan fingerprint density at radius 2 is 2.04 bits per heavy atom. The summed E-state index contributed by atoms with van der Waals surface area (Å²) in [5.41, 5.74) is 1.71. The van der Waals surface area contributed by atoms with Gasteiger partial charge in [-0.2, -0.15) is 10.2 Å². The molecular weight excluding hydrogens is 513 g/mol. The van der Waals surface area contributed by atoms with Crippen LogP contribution in [0.5, 0.6) is 5.75 Å². The second-order valence-corrected chi connectivity index (χ2v) is 7.67. The number of hydrogen-bond acceptors (Lipinski definition) is 4. The molecule has 136 valence electrons. The number of anilines is 1. The van der Waals surface area contributed by atoms with E-state index in [-0.39, 0.29) is 12.6 Å². The minimum absolute atomic E-state index is 0.0803. The summed E-state index contributed by atoms with van der Waals surface area (Å²) in [5, 5.41) is 11.3. The Hall–Kier alpha value is -1.88. The molecule has 0 aliphatic heterocycles. The van der Waals surface area contributed by atoms with Crippen LogP contribution < -0.4 is 10.1 Å². The zero-order chi connectivity index (χ0) is 18.5. The predicted molar refractivity (Wildman–Crippen MR) is 110 cm³/mol. The highest BCUT2D eigenvalue weighted by molar-refractivity contribution is 14.1. The zero-order valence-corrected chi connectivity index (χ0v) is 17.8. The molecule has 1 N–H and O–H groups in total. The van der Waals surface area contributed by atoms with Crippen LogP contribution in [0.4, 0.5) is 5.69 Å². The van der Waals surface area contributed by atoms with Gasteiger partial charge in [0.15, 0.2) is 6.73 Å². The van der Waals surface area contributed by atoms with Crippen LogP contribution in [0, 0.1) is 10.5 Å². The number of nitrogens with zero attached hydrogens (tertiary/aromatic N) is 4. The molecule has 0 fully saturated rings. The summed E-state index contributed by atoms with van der Waals surface area (Å²) in [6.07, 6.45) is 5.48. The van der Waals surface area contributed by atoms with Crippen molar-refractivity contribution in [3.63, 3.8) is 0 Å². The van der Waals surface area contributed by atoms with Gasteiger partial charge >= 0.3 is 0 Å². The van der Waals surface area contributed by atoms with Gasteiger partial charge in [-0.15, -0.1) is 0 Å². The molecule has 2 aromatic heterocycles. The van der Waals surface area contributed by atoms with Crippen molar-refractivity contribution >= 4 is 50.1 Å². The molecule has 26 heavy (non-hydrogen) atoms. The Kier molecular flexibility index (Phi) is 6.30. The first kappa shape index (κ1) is 18.9. The van der Waals surface area contributed by atoms with Crippen LogP contribution in [-0.2, 0) is 18.1 Å². The highest BCUT2D eigenvalue weighted by atomic mass is 127. The van der Waals surface area contributed by atoms with Crippen molar-refractivity contribution in [3.8, 4) is 5.75 Å². The molecule has 0 aliphatic carbocycles. The van der Waals surface area contributed by atoms with Gasteiger partial charge in [0.25, 0.3) is 0 Å². The van der Waals surface area contributed by atoms with Gasteiger partial charge in [0.2, 0.25) is 5.91 Å². The van der Waals surface area contributed by atoms with E-state index in [9.17, 15) is 4.79 Å². The van der Waals surface area contributed by atoms with Crippen molar-refractivity contribution in [2.24, 2.45) is 0 Å². The van der Waals surface area contributed by atoms with Gasteiger partial charge in [-0.25, -0.2) is 4.68 Å². The van der Waals surface area contributed by atoms with E-state index in [1.54, 1.807) is 23.3 Å². The molecule has 1 amide bonds. The third-order valence-corrected chi connectivity index (χ3v) is 5.28. The third kappa shape index (κ3) is 5.07. The van der Waals surface area contributed by atoms with Gasteiger partial charge in [-0.1, -0.05) is 15.9 Å².